The summed E-state index contributed by atoms with van der Waals surface area (Å²) >= 11 is 5.64. The second-order valence-corrected chi connectivity index (χ2v) is 7.66. The number of halogens is 1. The first-order chi connectivity index (χ1) is 12.5. The molecule has 5 nitrogen and oxygen atoms in total. The minimum Gasteiger partial charge on any atom is -0.469 e. The molecule has 1 unspecified atom stereocenters. The van der Waals surface area contributed by atoms with Crippen LogP contribution in [0.25, 0.3) is 0 Å². The molecule has 0 spiro atoms. The molecular formula is C20H35ClO5. The highest BCUT2D eigenvalue weighted by molar-refractivity contribution is 6.17. The van der Waals surface area contributed by atoms with E-state index >= 15 is 0 Å². The SMILES string of the molecule is COC(=O)CCCCCC[C@@H]1[C@@H](C=CC(O)CCCCCl)[C@H](O)C[C@@H]1O. The number of hydrogen-bond acceptors (Lipinski definition) is 5. The summed E-state index contributed by atoms with van der Waals surface area (Å²) < 4.78 is 4.62. The van der Waals surface area contributed by atoms with Gasteiger partial charge >= 0.3 is 5.97 Å². The van der Waals surface area contributed by atoms with Crippen molar-refractivity contribution >= 4 is 17.6 Å². The summed E-state index contributed by atoms with van der Waals surface area (Å²) in [5, 5.41) is 30.5. The number of esters is 1. The van der Waals surface area contributed by atoms with Gasteiger partial charge in [0.05, 0.1) is 25.4 Å². The molecule has 0 aromatic rings. The third-order valence-electron chi connectivity index (χ3n) is 5.25. The number of carbonyl (C=O) groups is 1. The fourth-order valence-corrected chi connectivity index (χ4v) is 3.87. The molecule has 0 amide bonds. The van der Waals surface area contributed by atoms with Gasteiger partial charge in [0.15, 0.2) is 0 Å². The largest absolute Gasteiger partial charge is 0.469 e. The lowest BCUT2D eigenvalue weighted by molar-refractivity contribution is -0.140. The van der Waals surface area contributed by atoms with Crippen molar-refractivity contribution in [3.8, 4) is 0 Å². The zero-order chi connectivity index (χ0) is 19.4. The maximum atomic E-state index is 11.1. The highest BCUT2D eigenvalue weighted by Crippen LogP contribution is 2.37. The van der Waals surface area contributed by atoms with E-state index < -0.39 is 18.3 Å². The van der Waals surface area contributed by atoms with Crippen LogP contribution in [-0.2, 0) is 9.53 Å². The van der Waals surface area contributed by atoms with Crippen molar-refractivity contribution in [3.63, 3.8) is 0 Å². The molecule has 152 valence electrons. The molecule has 1 rings (SSSR count). The van der Waals surface area contributed by atoms with E-state index in [1.54, 1.807) is 6.08 Å². The number of hydrogen-bond donors (Lipinski definition) is 3. The van der Waals surface area contributed by atoms with Gasteiger partial charge in [-0.25, -0.2) is 0 Å². The molecule has 0 bridgehead atoms. The van der Waals surface area contributed by atoms with Gasteiger partial charge in [-0.3, -0.25) is 4.79 Å². The summed E-state index contributed by atoms with van der Waals surface area (Å²) in [5.74, 6) is 0.347. The molecule has 0 aromatic heterocycles. The smallest absolute Gasteiger partial charge is 0.305 e. The maximum Gasteiger partial charge on any atom is 0.305 e. The van der Waals surface area contributed by atoms with Crippen LogP contribution in [0.1, 0.15) is 64.2 Å². The van der Waals surface area contributed by atoms with Crippen LogP contribution in [0.5, 0.6) is 0 Å². The van der Waals surface area contributed by atoms with E-state index in [0.717, 1.165) is 44.9 Å². The zero-order valence-electron chi connectivity index (χ0n) is 15.9. The summed E-state index contributed by atoms with van der Waals surface area (Å²) in [6.07, 6.45) is 9.90. The molecule has 26 heavy (non-hydrogen) atoms. The van der Waals surface area contributed by atoms with E-state index in [2.05, 4.69) is 4.74 Å². The van der Waals surface area contributed by atoms with Crippen LogP contribution in [0.15, 0.2) is 12.2 Å². The monoisotopic (exact) mass is 390 g/mol. The first kappa shape index (κ1) is 23.4. The van der Waals surface area contributed by atoms with Crippen LogP contribution < -0.4 is 0 Å². The van der Waals surface area contributed by atoms with Crippen LogP contribution in [0.4, 0.5) is 0 Å². The van der Waals surface area contributed by atoms with E-state index in [1.807, 2.05) is 6.08 Å². The summed E-state index contributed by atoms with van der Waals surface area (Å²) in [4.78, 5) is 11.1. The average Bonchev–Trinajstić information content (AvgIpc) is 2.89. The molecule has 1 fully saturated rings. The lowest BCUT2D eigenvalue weighted by atomic mass is 9.88. The van der Waals surface area contributed by atoms with Crippen molar-refractivity contribution in [3.05, 3.63) is 12.2 Å². The number of alkyl halides is 1. The third-order valence-corrected chi connectivity index (χ3v) is 5.52. The topological polar surface area (TPSA) is 87.0 Å². The lowest BCUT2D eigenvalue weighted by Gasteiger charge is -2.21. The van der Waals surface area contributed by atoms with Gasteiger partial charge in [0.2, 0.25) is 0 Å². The molecule has 3 N–H and O–H groups in total. The summed E-state index contributed by atoms with van der Waals surface area (Å²) in [7, 11) is 1.40. The van der Waals surface area contributed by atoms with Crippen LogP contribution in [0, 0.1) is 11.8 Å². The fourth-order valence-electron chi connectivity index (χ4n) is 3.68. The van der Waals surface area contributed by atoms with Gasteiger partial charge in [-0.05, 0) is 38.0 Å². The van der Waals surface area contributed by atoms with Gasteiger partial charge < -0.3 is 20.1 Å². The summed E-state index contributed by atoms with van der Waals surface area (Å²) in [5.41, 5.74) is 0. The Morgan fingerprint density at radius 3 is 2.58 bits per heavy atom. The first-order valence-electron chi connectivity index (χ1n) is 9.84. The standard InChI is InChI=1S/C20H35ClO5/c1-26-20(25)10-5-3-2-4-9-16-17(19(24)14-18(16)23)12-11-15(22)8-6-7-13-21/h11-12,15-19,22-24H,2-10,13-14H2,1H3/t15?,16-,17-,18+,19-/m1/s1. The van der Waals surface area contributed by atoms with E-state index in [1.165, 1.54) is 7.11 Å². The maximum absolute atomic E-state index is 11.1. The lowest BCUT2D eigenvalue weighted by Crippen LogP contribution is -2.21. The van der Waals surface area contributed by atoms with Crippen molar-refractivity contribution in [2.45, 2.75) is 82.5 Å². The summed E-state index contributed by atoms with van der Waals surface area (Å²) in [6, 6.07) is 0. The van der Waals surface area contributed by atoms with E-state index in [4.69, 9.17) is 11.6 Å². The quantitative estimate of drug-likeness (QED) is 0.194. The molecule has 0 saturated heterocycles. The van der Waals surface area contributed by atoms with Gasteiger partial charge in [0.25, 0.3) is 0 Å². The molecule has 6 heteroatoms. The van der Waals surface area contributed by atoms with Crippen LogP contribution >= 0.6 is 11.6 Å². The van der Waals surface area contributed by atoms with Crippen LogP contribution in [0.3, 0.4) is 0 Å². The number of rotatable bonds is 13. The van der Waals surface area contributed by atoms with Crippen LogP contribution in [-0.4, -0.2) is 52.6 Å². The van der Waals surface area contributed by atoms with Gasteiger partial charge in [-0.15, -0.1) is 11.6 Å². The minimum absolute atomic E-state index is 0.0249. The van der Waals surface area contributed by atoms with E-state index in [9.17, 15) is 20.1 Å². The van der Waals surface area contributed by atoms with Crippen molar-refractivity contribution in [2.75, 3.05) is 13.0 Å². The highest BCUT2D eigenvalue weighted by Gasteiger charge is 2.39. The molecule has 1 aliphatic rings. The molecular weight excluding hydrogens is 356 g/mol. The van der Waals surface area contributed by atoms with Crippen molar-refractivity contribution in [1.82, 2.24) is 0 Å². The van der Waals surface area contributed by atoms with Crippen LogP contribution in [0.2, 0.25) is 0 Å². The predicted molar refractivity (Wildman–Crippen MR) is 103 cm³/mol. The molecule has 0 aliphatic heterocycles. The van der Waals surface area contributed by atoms with Crippen molar-refractivity contribution in [1.29, 1.82) is 0 Å². The third kappa shape index (κ3) is 8.85. The summed E-state index contributed by atoms with van der Waals surface area (Å²) in [6.45, 7) is 0. The van der Waals surface area contributed by atoms with Gasteiger partial charge in [0, 0.05) is 24.6 Å². The zero-order valence-corrected chi connectivity index (χ0v) is 16.6. The fraction of sp³-hybridized carbons (Fsp3) is 0.850. The van der Waals surface area contributed by atoms with E-state index in [-0.39, 0.29) is 17.8 Å². The Bertz CT molecular complexity index is 415. The number of carbonyl (C=O) groups excluding carboxylic acids is 1. The minimum atomic E-state index is -0.555. The molecule has 1 saturated carbocycles. The Labute approximate surface area is 162 Å². The molecule has 0 radical (unpaired) electrons. The second kappa shape index (κ2) is 13.5. The number of unbranched alkanes of at least 4 members (excludes halogenated alkanes) is 4. The molecule has 0 heterocycles. The van der Waals surface area contributed by atoms with Crippen molar-refractivity contribution in [2.24, 2.45) is 11.8 Å². The number of aliphatic hydroxyl groups is 3. The number of aliphatic hydroxyl groups excluding tert-OH is 3. The highest BCUT2D eigenvalue weighted by atomic mass is 35.5. The molecule has 5 atom stereocenters. The Kier molecular flexibility index (Phi) is 12.2. The second-order valence-electron chi connectivity index (χ2n) is 7.28. The average molecular weight is 391 g/mol. The van der Waals surface area contributed by atoms with Gasteiger partial charge in [-0.1, -0.05) is 31.4 Å². The number of methoxy groups -OCH3 is 1. The first-order valence-corrected chi connectivity index (χ1v) is 10.4. The van der Waals surface area contributed by atoms with E-state index in [0.29, 0.717) is 25.1 Å². The molecule has 0 aromatic carbocycles. The van der Waals surface area contributed by atoms with Crippen molar-refractivity contribution < 1.29 is 24.9 Å². The van der Waals surface area contributed by atoms with Gasteiger partial charge in [-0.2, -0.15) is 0 Å². The predicted octanol–water partition coefficient (Wildman–Crippen LogP) is 3.18. The normalized spacial score (nSPS) is 27.1. The van der Waals surface area contributed by atoms with Gasteiger partial charge in [0.1, 0.15) is 0 Å². The Hall–Kier alpha value is -0.620. The Balaban J connectivity index is 2.35. The number of ether oxygens (including phenoxy) is 1. The molecule has 1 aliphatic carbocycles. The Morgan fingerprint density at radius 1 is 1.15 bits per heavy atom. The Morgan fingerprint density at radius 2 is 1.88 bits per heavy atom.